The van der Waals surface area contributed by atoms with E-state index in [4.69, 9.17) is 0 Å². The molecular weight excluding hydrogens is 429 g/mol. The van der Waals surface area contributed by atoms with Gasteiger partial charge in [-0.25, -0.2) is 4.39 Å². The van der Waals surface area contributed by atoms with E-state index in [-0.39, 0.29) is 22.9 Å². The average Bonchev–Trinajstić information content (AvgIpc) is 3.26. The van der Waals surface area contributed by atoms with Crippen LogP contribution in [0.1, 0.15) is 50.2 Å². The van der Waals surface area contributed by atoms with Crippen molar-refractivity contribution < 1.29 is 18.8 Å². The van der Waals surface area contributed by atoms with E-state index < -0.39 is 29.2 Å². The van der Waals surface area contributed by atoms with E-state index in [0.29, 0.717) is 11.1 Å². The summed E-state index contributed by atoms with van der Waals surface area (Å²) in [7, 11) is 0. The Morgan fingerprint density at radius 2 is 1.59 bits per heavy atom. The second-order valence-electron chi connectivity index (χ2n) is 9.40. The van der Waals surface area contributed by atoms with Gasteiger partial charge in [-0.2, -0.15) is 0 Å². The van der Waals surface area contributed by atoms with Crippen molar-refractivity contribution in [1.82, 2.24) is 0 Å². The Labute approximate surface area is 196 Å². The van der Waals surface area contributed by atoms with Crippen LogP contribution >= 0.6 is 0 Å². The van der Waals surface area contributed by atoms with Crippen LogP contribution in [-0.2, 0) is 4.79 Å². The Balaban J connectivity index is 1.71. The summed E-state index contributed by atoms with van der Waals surface area (Å²) in [4.78, 5) is 43.6. The Hall–Kier alpha value is -3.86. The van der Waals surface area contributed by atoms with Crippen LogP contribution in [0, 0.1) is 18.2 Å². The zero-order valence-electron chi connectivity index (χ0n) is 18.8. The van der Waals surface area contributed by atoms with Gasteiger partial charge in [0.2, 0.25) is 0 Å². The summed E-state index contributed by atoms with van der Waals surface area (Å²) in [5.41, 5.74) is 1.92. The fourth-order valence-electron chi connectivity index (χ4n) is 6.30. The second kappa shape index (κ2) is 7.07. The molecular formula is C29H22FNO3. The molecule has 5 heteroatoms. The van der Waals surface area contributed by atoms with Crippen molar-refractivity contribution in [3.63, 3.8) is 0 Å². The van der Waals surface area contributed by atoms with E-state index in [1.165, 1.54) is 13.0 Å². The summed E-state index contributed by atoms with van der Waals surface area (Å²) in [5.74, 6) is -2.40. The summed E-state index contributed by atoms with van der Waals surface area (Å²) in [6, 6.07) is 17.3. The number of ketones is 3. The molecule has 0 bridgehead atoms. The number of Topliss-reactive ketones (excluding diaryl/α,β-unsaturated/α-hetero) is 3. The van der Waals surface area contributed by atoms with Gasteiger partial charge in [0, 0.05) is 22.7 Å². The molecule has 168 valence electrons. The standard InChI is InChI=1S/C29H22FNO3/c1-16-11-12-18-13-14-24-29(27(33)19-7-3-4-8-20(19)28(29)34)25(21-9-5-6-10-22(21)30)26(17(2)32)31(24)23(18)15-16/h3-15,24-26H,1-2H3/t24-,25+,26+/m0/s1. The van der Waals surface area contributed by atoms with Gasteiger partial charge in [-0.1, -0.05) is 66.7 Å². The molecule has 34 heavy (non-hydrogen) atoms. The molecule has 3 aromatic carbocycles. The van der Waals surface area contributed by atoms with E-state index in [1.54, 1.807) is 42.5 Å². The molecule has 0 amide bonds. The van der Waals surface area contributed by atoms with Gasteiger partial charge in [0.1, 0.15) is 11.2 Å². The van der Waals surface area contributed by atoms with Gasteiger partial charge in [0.15, 0.2) is 17.3 Å². The first-order valence-corrected chi connectivity index (χ1v) is 11.4. The topological polar surface area (TPSA) is 54.5 Å². The van der Waals surface area contributed by atoms with Gasteiger partial charge in [0.25, 0.3) is 0 Å². The lowest BCUT2D eigenvalue weighted by Crippen LogP contribution is -2.48. The normalized spacial score (nSPS) is 23.7. The molecule has 1 saturated heterocycles. The highest BCUT2D eigenvalue weighted by Crippen LogP contribution is 2.60. The Bertz CT molecular complexity index is 1400. The van der Waals surface area contributed by atoms with Crippen molar-refractivity contribution in [3.05, 3.63) is 106 Å². The third-order valence-corrected chi connectivity index (χ3v) is 7.62. The van der Waals surface area contributed by atoms with Gasteiger partial charge in [-0.05, 0) is 42.7 Å². The fraction of sp³-hybridized carbons (Fsp3) is 0.207. The first-order valence-electron chi connectivity index (χ1n) is 11.4. The molecule has 4 nitrogen and oxygen atoms in total. The van der Waals surface area contributed by atoms with Crippen molar-refractivity contribution in [2.24, 2.45) is 5.41 Å². The van der Waals surface area contributed by atoms with Gasteiger partial charge in [-0.15, -0.1) is 0 Å². The highest BCUT2D eigenvalue weighted by molar-refractivity contribution is 6.32. The predicted octanol–water partition coefficient (Wildman–Crippen LogP) is 5.16. The second-order valence-corrected chi connectivity index (χ2v) is 9.40. The van der Waals surface area contributed by atoms with Crippen molar-refractivity contribution in [2.75, 3.05) is 4.90 Å². The minimum Gasteiger partial charge on any atom is -0.352 e. The summed E-state index contributed by atoms with van der Waals surface area (Å²) in [6.45, 7) is 3.41. The van der Waals surface area contributed by atoms with Crippen molar-refractivity contribution in [3.8, 4) is 0 Å². The molecule has 0 radical (unpaired) electrons. The number of benzene rings is 3. The lowest BCUT2D eigenvalue weighted by atomic mass is 9.64. The van der Waals surface area contributed by atoms with E-state index in [1.807, 2.05) is 42.2 Å². The van der Waals surface area contributed by atoms with E-state index in [2.05, 4.69) is 0 Å². The lowest BCUT2D eigenvalue weighted by molar-refractivity contribution is -0.118. The number of hydrogen-bond acceptors (Lipinski definition) is 4. The lowest BCUT2D eigenvalue weighted by Gasteiger charge is -2.37. The highest BCUT2D eigenvalue weighted by atomic mass is 19.1. The maximum absolute atomic E-state index is 15.4. The van der Waals surface area contributed by atoms with Gasteiger partial charge in [0.05, 0.1) is 12.1 Å². The SMILES string of the molecule is CC(=O)[C@@H]1[C@@H](c2ccccc2F)C2(C(=O)c3ccccc3C2=O)[C@@H]2C=Cc3ccc(C)cc3N12. The fourth-order valence-corrected chi connectivity index (χ4v) is 6.30. The van der Waals surface area contributed by atoms with Crippen LogP contribution in [0.4, 0.5) is 10.1 Å². The molecule has 0 aromatic heterocycles. The number of carbonyl (C=O) groups is 3. The summed E-state index contributed by atoms with van der Waals surface area (Å²) >= 11 is 0. The van der Waals surface area contributed by atoms with Crippen molar-refractivity contribution in [2.45, 2.75) is 31.8 Å². The number of fused-ring (bicyclic) bond motifs is 5. The number of halogens is 1. The molecule has 0 N–H and O–H groups in total. The monoisotopic (exact) mass is 451 g/mol. The molecule has 1 spiro atoms. The van der Waals surface area contributed by atoms with E-state index in [0.717, 1.165) is 16.8 Å². The minimum absolute atomic E-state index is 0.213. The highest BCUT2D eigenvalue weighted by Gasteiger charge is 2.71. The van der Waals surface area contributed by atoms with Crippen molar-refractivity contribution >= 4 is 29.1 Å². The number of aryl methyl sites for hydroxylation is 1. The molecule has 3 aromatic rings. The van der Waals surface area contributed by atoms with Crippen LogP contribution in [0.5, 0.6) is 0 Å². The van der Waals surface area contributed by atoms with Gasteiger partial charge >= 0.3 is 0 Å². The Morgan fingerprint density at radius 3 is 2.24 bits per heavy atom. The number of carbonyl (C=O) groups excluding carboxylic acids is 3. The molecule has 2 heterocycles. The first-order chi connectivity index (χ1) is 16.4. The van der Waals surface area contributed by atoms with E-state index in [9.17, 15) is 14.4 Å². The van der Waals surface area contributed by atoms with Crippen molar-refractivity contribution in [1.29, 1.82) is 0 Å². The number of nitrogens with zero attached hydrogens (tertiary/aromatic N) is 1. The summed E-state index contributed by atoms with van der Waals surface area (Å²) in [6.07, 6.45) is 3.75. The minimum atomic E-state index is -1.64. The quantitative estimate of drug-likeness (QED) is 0.506. The third-order valence-electron chi connectivity index (χ3n) is 7.62. The average molecular weight is 451 g/mol. The van der Waals surface area contributed by atoms with Gasteiger partial charge < -0.3 is 4.90 Å². The van der Waals surface area contributed by atoms with Crippen LogP contribution in [-0.4, -0.2) is 29.4 Å². The van der Waals surface area contributed by atoms with Crippen LogP contribution in [0.25, 0.3) is 6.08 Å². The molecule has 0 unspecified atom stereocenters. The zero-order valence-corrected chi connectivity index (χ0v) is 18.8. The van der Waals surface area contributed by atoms with Crippen LogP contribution in [0.2, 0.25) is 0 Å². The molecule has 3 atom stereocenters. The summed E-state index contributed by atoms with van der Waals surface area (Å²) < 4.78 is 15.4. The molecule has 3 aliphatic rings. The molecule has 2 aliphatic heterocycles. The largest absolute Gasteiger partial charge is 0.352 e. The molecule has 6 rings (SSSR count). The molecule has 0 saturated carbocycles. The number of rotatable bonds is 2. The Morgan fingerprint density at radius 1 is 0.941 bits per heavy atom. The van der Waals surface area contributed by atoms with Gasteiger partial charge in [-0.3, -0.25) is 14.4 Å². The van der Waals surface area contributed by atoms with Crippen LogP contribution < -0.4 is 4.90 Å². The maximum Gasteiger partial charge on any atom is 0.180 e. The number of hydrogen-bond donors (Lipinski definition) is 0. The maximum atomic E-state index is 15.4. The smallest absolute Gasteiger partial charge is 0.180 e. The zero-order chi connectivity index (χ0) is 23.8. The number of anilines is 1. The predicted molar refractivity (Wildman–Crippen MR) is 128 cm³/mol. The van der Waals surface area contributed by atoms with Crippen LogP contribution in [0.3, 0.4) is 0 Å². The first kappa shape index (κ1) is 20.7. The Kier molecular flexibility index (Phi) is 4.31. The third kappa shape index (κ3) is 2.44. The van der Waals surface area contributed by atoms with E-state index >= 15 is 4.39 Å². The summed E-state index contributed by atoms with van der Waals surface area (Å²) in [5, 5.41) is 0. The molecule has 1 aliphatic carbocycles. The molecule has 1 fully saturated rings. The van der Waals surface area contributed by atoms with Crippen LogP contribution in [0.15, 0.2) is 72.8 Å².